The van der Waals surface area contributed by atoms with Crippen molar-refractivity contribution in [1.82, 2.24) is 4.57 Å². The number of anilines is 2. The molecule has 0 amide bonds. The average Bonchev–Trinajstić information content (AvgIpc) is 3.85. The van der Waals surface area contributed by atoms with Crippen molar-refractivity contribution in [3.63, 3.8) is 0 Å². The molecule has 1 unspecified atom stereocenters. The molecule has 2 heterocycles. The van der Waals surface area contributed by atoms with E-state index in [0.717, 1.165) is 11.4 Å². The number of aromatic nitrogens is 1. The summed E-state index contributed by atoms with van der Waals surface area (Å²) in [6.45, 7) is 2.44. The summed E-state index contributed by atoms with van der Waals surface area (Å²) in [6.07, 6.45) is 0. The van der Waals surface area contributed by atoms with Gasteiger partial charge in [-0.2, -0.15) is 0 Å². The number of nitrogens with zero attached hydrogens (tertiary/aromatic N) is 1. The molecular formula is C57H38N2. The quantitative estimate of drug-likeness (QED) is 0.185. The van der Waals surface area contributed by atoms with Crippen LogP contribution in [0.25, 0.3) is 60.9 Å². The maximum Gasteiger partial charge on any atom is 0.0714 e. The van der Waals surface area contributed by atoms with E-state index in [2.05, 4.69) is 223 Å². The van der Waals surface area contributed by atoms with Crippen LogP contribution in [0.4, 0.5) is 11.4 Å². The van der Waals surface area contributed by atoms with Crippen molar-refractivity contribution in [3.05, 3.63) is 245 Å². The summed E-state index contributed by atoms with van der Waals surface area (Å²) in [5, 5.41) is 6.62. The smallest absolute Gasteiger partial charge is 0.0714 e. The Kier molecular flexibility index (Phi) is 6.54. The minimum Gasteiger partial charge on any atom is -0.355 e. The van der Waals surface area contributed by atoms with Crippen LogP contribution >= 0.6 is 0 Å². The van der Waals surface area contributed by atoms with Crippen molar-refractivity contribution >= 4 is 33.2 Å². The Morgan fingerprint density at radius 3 is 1.76 bits per heavy atom. The number of rotatable bonds is 5. The Balaban J connectivity index is 1.07. The van der Waals surface area contributed by atoms with Crippen LogP contribution in [0.1, 0.15) is 45.9 Å². The lowest BCUT2D eigenvalue weighted by atomic mass is 9.67. The number of para-hydroxylation sites is 2. The van der Waals surface area contributed by atoms with Crippen molar-refractivity contribution in [1.29, 1.82) is 0 Å². The fourth-order valence-corrected chi connectivity index (χ4v) is 11.4. The van der Waals surface area contributed by atoms with Crippen molar-refractivity contribution in [2.75, 3.05) is 5.32 Å². The predicted molar refractivity (Wildman–Crippen MR) is 244 cm³/mol. The van der Waals surface area contributed by atoms with Crippen LogP contribution in [-0.2, 0) is 10.8 Å². The van der Waals surface area contributed by atoms with Gasteiger partial charge < -0.3 is 9.88 Å². The van der Waals surface area contributed by atoms with E-state index in [0.29, 0.717) is 0 Å². The van der Waals surface area contributed by atoms with Crippen molar-refractivity contribution in [2.45, 2.75) is 17.8 Å². The highest BCUT2D eigenvalue weighted by atomic mass is 15.0. The molecule has 0 saturated heterocycles. The summed E-state index contributed by atoms with van der Waals surface area (Å²) in [6, 6.07) is 76.8. The molecule has 276 valence electrons. The number of hydrogen-bond donors (Lipinski definition) is 1. The van der Waals surface area contributed by atoms with Gasteiger partial charge in [0.2, 0.25) is 0 Å². The van der Waals surface area contributed by atoms with Crippen LogP contribution < -0.4 is 5.32 Å². The normalized spacial score (nSPS) is 16.1. The second-order valence-electron chi connectivity index (χ2n) is 16.6. The third-order valence-electron chi connectivity index (χ3n) is 13.8. The summed E-state index contributed by atoms with van der Waals surface area (Å²) in [5.41, 5.74) is 21.9. The van der Waals surface area contributed by atoms with Crippen molar-refractivity contribution in [3.8, 4) is 39.1 Å². The topological polar surface area (TPSA) is 17.0 Å². The summed E-state index contributed by atoms with van der Waals surface area (Å²) in [7, 11) is 0. The van der Waals surface area contributed by atoms with Gasteiger partial charge in [-0.3, -0.25) is 0 Å². The van der Waals surface area contributed by atoms with Crippen LogP contribution in [0, 0.1) is 0 Å². The standard InChI is InChI=1S/C57H38N2/c1-56(36-17-5-2-6-18-36)48-32-31-45-43-24-12-15-27-51(43)59-52-28-16-13-25-44(52)46-33-40(35-50(56)53(46)54(48)55(45)59)58-39-29-30-42-41-23-11-14-26-47(41)57(49(42)34-39,37-19-7-3-8-20-37)38-21-9-4-10-22-38/h2-35,58H,1H3. The van der Waals surface area contributed by atoms with Crippen LogP contribution in [0.5, 0.6) is 0 Å². The van der Waals surface area contributed by atoms with Gasteiger partial charge in [-0.15, -0.1) is 0 Å². The highest BCUT2D eigenvalue weighted by Crippen LogP contribution is 2.61. The molecule has 59 heavy (non-hydrogen) atoms. The highest BCUT2D eigenvalue weighted by Gasteiger charge is 2.47. The summed E-state index contributed by atoms with van der Waals surface area (Å²) in [4.78, 5) is 0. The molecule has 1 aliphatic heterocycles. The van der Waals surface area contributed by atoms with Crippen LogP contribution in [0.3, 0.4) is 0 Å². The van der Waals surface area contributed by atoms with E-state index in [1.54, 1.807) is 0 Å². The fourth-order valence-electron chi connectivity index (χ4n) is 11.4. The first kappa shape index (κ1) is 32.6. The Bertz CT molecular complexity index is 3320. The lowest BCUT2D eigenvalue weighted by Gasteiger charge is -2.34. The van der Waals surface area contributed by atoms with Gasteiger partial charge >= 0.3 is 0 Å². The first-order valence-corrected chi connectivity index (χ1v) is 20.7. The van der Waals surface area contributed by atoms with Crippen LogP contribution in [-0.4, -0.2) is 4.57 Å². The Hall–Kier alpha value is -7.42. The van der Waals surface area contributed by atoms with Gasteiger partial charge in [0.1, 0.15) is 0 Å². The predicted octanol–water partition coefficient (Wildman–Crippen LogP) is 14.2. The SMILES string of the molecule is CC1(c2ccccc2)c2cc(Nc3ccc4c(c3)C(c3ccccc3)(c3ccccc3)c3ccccc3-4)cc3c2-c2c1ccc1c4ccccc4n(c21)-c1ccccc1-3. The first-order chi connectivity index (χ1) is 29.2. The third kappa shape index (κ3) is 4.15. The molecule has 2 nitrogen and oxygen atoms in total. The van der Waals surface area contributed by atoms with Gasteiger partial charge in [0.25, 0.3) is 0 Å². The second kappa shape index (κ2) is 11.8. The Morgan fingerprint density at radius 1 is 0.390 bits per heavy atom. The molecule has 3 aliphatic rings. The van der Waals surface area contributed by atoms with E-state index >= 15 is 0 Å². The Morgan fingerprint density at radius 2 is 1.00 bits per heavy atom. The molecule has 2 heteroatoms. The fraction of sp³-hybridized carbons (Fsp3) is 0.0526. The van der Waals surface area contributed by atoms with Gasteiger partial charge in [0.15, 0.2) is 0 Å². The lowest BCUT2D eigenvalue weighted by Crippen LogP contribution is -2.28. The minimum atomic E-state index is -0.470. The zero-order valence-corrected chi connectivity index (χ0v) is 32.6. The number of fused-ring (bicyclic) bond motifs is 9. The maximum absolute atomic E-state index is 4.03. The first-order valence-electron chi connectivity index (χ1n) is 20.7. The molecule has 1 atom stereocenters. The van der Waals surface area contributed by atoms with E-state index in [9.17, 15) is 0 Å². The molecule has 0 fully saturated rings. The zero-order chi connectivity index (χ0) is 38.9. The molecule has 1 N–H and O–H groups in total. The molecule has 9 aromatic carbocycles. The summed E-state index contributed by atoms with van der Waals surface area (Å²) < 4.78 is 2.54. The van der Waals surface area contributed by atoms with E-state index in [4.69, 9.17) is 0 Å². The van der Waals surface area contributed by atoms with Crippen molar-refractivity contribution < 1.29 is 0 Å². The molecule has 0 saturated carbocycles. The van der Waals surface area contributed by atoms with Gasteiger partial charge in [-0.05, 0) is 105 Å². The number of benzene rings is 9. The van der Waals surface area contributed by atoms with Crippen LogP contribution in [0.2, 0.25) is 0 Å². The molecule has 0 spiro atoms. The van der Waals surface area contributed by atoms with Crippen molar-refractivity contribution in [2.24, 2.45) is 0 Å². The van der Waals surface area contributed by atoms with E-state index in [-0.39, 0.29) is 5.41 Å². The molecule has 13 rings (SSSR count). The lowest BCUT2D eigenvalue weighted by molar-refractivity contribution is 0.714. The third-order valence-corrected chi connectivity index (χ3v) is 13.8. The number of nitrogens with one attached hydrogen (secondary N) is 1. The summed E-state index contributed by atoms with van der Waals surface area (Å²) in [5.74, 6) is 0. The second-order valence-corrected chi connectivity index (χ2v) is 16.6. The molecule has 2 aliphatic carbocycles. The van der Waals surface area contributed by atoms with Gasteiger partial charge in [0, 0.05) is 38.7 Å². The molecular weight excluding hydrogens is 713 g/mol. The van der Waals surface area contributed by atoms with Gasteiger partial charge in [-0.1, -0.05) is 170 Å². The molecule has 1 aromatic heterocycles. The molecule has 0 radical (unpaired) electrons. The molecule has 0 bridgehead atoms. The maximum atomic E-state index is 4.03. The van der Waals surface area contributed by atoms with E-state index < -0.39 is 5.41 Å². The molecule has 10 aromatic rings. The van der Waals surface area contributed by atoms with Crippen LogP contribution in [0.15, 0.2) is 206 Å². The van der Waals surface area contributed by atoms with Gasteiger partial charge in [-0.25, -0.2) is 0 Å². The number of hydrogen-bond acceptors (Lipinski definition) is 1. The monoisotopic (exact) mass is 750 g/mol. The largest absolute Gasteiger partial charge is 0.355 e. The summed E-state index contributed by atoms with van der Waals surface area (Å²) >= 11 is 0. The van der Waals surface area contributed by atoms with Gasteiger partial charge in [0.05, 0.1) is 22.1 Å². The van der Waals surface area contributed by atoms with E-state index in [1.165, 1.54) is 99.8 Å². The Labute approximate surface area is 343 Å². The van der Waals surface area contributed by atoms with E-state index in [1.807, 2.05) is 0 Å². The minimum absolute atomic E-state index is 0.379. The average molecular weight is 751 g/mol. The highest BCUT2D eigenvalue weighted by molar-refractivity contribution is 6.19. The zero-order valence-electron chi connectivity index (χ0n) is 32.6.